The quantitative estimate of drug-likeness (QED) is 0.200. The largest absolute Gasteiger partial charge is 0.386 e. The molecule has 0 aliphatic rings. The molecule has 0 aromatic rings. The fourth-order valence-corrected chi connectivity index (χ4v) is 0.345. The summed E-state index contributed by atoms with van der Waals surface area (Å²) >= 11 is 0. The van der Waals surface area contributed by atoms with Crippen LogP contribution in [-0.4, -0.2) is 12.8 Å². The smallest absolute Gasteiger partial charge is 0.162 e. The Morgan fingerprint density at radius 2 is 2.50 bits per heavy atom. The van der Waals surface area contributed by atoms with Crippen molar-refractivity contribution in [1.82, 2.24) is 5.32 Å². The van der Waals surface area contributed by atoms with Gasteiger partial charge in [-0.2, -0.15) is 5.26 Å². The lowest BCUT2D eigenvalue weighted by Crippen LogP contribution is -2.04. The van der Waals surface area contributed by atoms with Crippen molar-refractivity contribution < 1.29 is 4.79 Å². The first-order chi connectivity index (χ1) is 4.85. The zero-order valence-electron chi connectivity index (χ0n) is 5.50. The molecule has 0 spiro atoms. The summed E-state index contributed by atoms with van der Waals surface area (Å²) in [6.45, 7) is 4.00. The number of nitriles is 1. The third-order valence-corrected chi connectivity index (χ3v) is 0.776. The first-order valence-electron chi connectivity index (χ1n) is 2.75. The van der Waals surface area contributed by atoms with E-state index < -0.39 is 0 Å². The van der Waals surface area contributed by atoms with Crippen molar-refractivity contribution in [2.24, 2.45) is 0 Å². The maximum absolute atomic E-state index is 9.97. The molecule has 0 radical (unpaired) electrons. The summed E-state index contributed by atoms with van der Waals surface area (Å²) in [5.74, 6) is 0. The van der Waals surface area contributed by atoms with Gasteiger partial charge in [-0.3, -0.25) is 4.79 Å². The number of carbonyl (C=O) groups is 1. The summed E-state index contributed by atoms with van der Waals surface area (Å²) in [5, 5.41) is 10.9. The number of carbonyl (C=O) groups excluding carboxylic acids is 1. The van der Waals surface area contributed by atoms with Gasteiger partial charge >= 0.3 is 0 Å². The van der Waals surface area contributed by atoms with Crippen LogP contribution in [0.5, 0.6) is 0 Å². The highest BCUT2D eigenvalue weighted by molar-refractivity contribution is 5.78. The SMILES string of the molecule is C=CCN/C=C(\C#N)C=O. The second-order valence-corrected chi connectivity index (χ2v) is 1.53. The topological polar surface area (TPSA) is 52.9 Å². The van der Waals surface area contributed by atoms with Crippen molar-refractivity contribution in [3.63, 3.8) is 0 Å². The summed E-state index contributed by atoms with van der Waals surface area (Å²) in [5.41, 5.74) is 0.0850. The number of rotatable bonds is 4. The van der Waals surface area contributed by atoms with E-state index >= 15 is 0 Å². The van der Waals surface area contributed by atoms with Crippen LogP contribution in [0.3, 0.4) is 0 Å². The third kappa shape index (κ3) is 3.44. The second kappa shape index (κ2) is 5.57. The van der Waals surface area contributed by atoms with Crippen LogP contribution in [0.4, 0.5) is 0 Å². The van der Waals surface area contributed by atoms with Crippen LogP contribution in [0.1, 0.15) is 0 Å². The number of aldehydes is 1. The van der Waals surface area contributed by atoms with Crippen LogP contribution >= 0.6 is 0 Å². The van der Waals surface area contributed by atoms with E-state index in [1.165, 1.54) is 6.20 Å². The molecule has 0 bridgehead atoms. The van der Waals surface area contributed by atoms with Gasteiger partial charge in [0.05, 0.1) is 0 Å². The van der Waals surface area contributed by atoms with Crippen LogP contribution in [0, 0.1) is 11.3 Å². The Bertz CT molecular complexity index is 188. The first-order valence-corrected chi connectivity index (χ1v) is 2.75. The predicted octanol–water partition coefficient (Wildman–Crippen LogP) is 0.368. The van der Waals surface area contributed by atoms with E-state index in [4.69, 9.17) is 5.26 Å². The van der Waals surface area contributed by atoms with Gasteiger partial charge in [-0.1, -0.05) is 6.08 Å². The van der Waals surface area contributed by atoms with Gasteiger partial charge in [-0.05, 0) is 0 Å². The minimum Gasteiger partial charge on any atom is -0.386 e. The van der Waals surface area contributed by atoms with Crippen LogP contribution in [0.25, 0.3) is 0 Å². The molecule has 1 N–H and O–H groups in total. The van der Waals surface area contributed by atoms with Crippen molar-refractivity contribution in [2.75, 3.05) is 6.54 Å². The number of hydrogen-bond donors (Lipinski definition) is 1. The average molecular weight is 136 g/mol. The fraction of sp³-hybridized carbons (Fsp3) is 0.143. The van der Waals surface area contributed by atoms with Crippen LogP contribution in [-0.2, 0) is 4.79 Å². The normalized spacial score (nSPS) is 9.70. The molecule has 3 heteroatoms. The van der Waals surface area contributed by atoms with Gasteiger partial charge in [0.2, 0.25) is 0 Å². The first kappa shape index (κ1) is 8.44. The summed E-state index contributed by atoms with van der Waals surface area (Å²) in [4.78, 5) is 9.97. The maximum atomic E-state index is 9.97. The molecule has 0 rings (SSSR count). The predicted molar refractivity (Wildman–Crippen MR) is 38.0 cm³/mol. The van der Waals surface area contributed by atoms with E-state index in [2.05, 4.69) is 11.9 Å². The molecule has 0 heterocycles. The Morgan fingerprint density at radius 1 is 1.80 bits per heavy atom. The van der Waals surface area contributed by atoms with Crippen molar-refractivity contribution in [1.29, 1.82) is 5.26 Å². The van der Waals surface area contributed by atoms with Crippen LogP contribution in [0.2, 0.25) is 0 Å². The molecule has 0 aliphatic heterocycles. The molecule has 0 aromatic carbocycles. The molecule has 0 aromatic heterocycles. The Morgan fingerprint density at radius 3 is 2.90 bits per heavy atom. The van der Waals surface area contributed by atoms with Crippen molar-refractivity contribution in [3.8, 4) is 6.07 Å². The summed E-state index contributed by atoms with van der Waals surface area (Å²) in [6.07, 6.45) is 3.49. The Labute approximate surface area is 59.7 Å². The highest BCUT2D eigenvalue weighted by Crippen LogP contribution is 1.80. The zero-order valence-corrected chi connectivity index (χ0v) is 5.50. The third-order valence-electron chi connectivity index (χ3n) is 0.776. The zero-order chi connectivity index (χ0) is 7.82. The molecule has 0 unspecified atom stereocenters. The van der Waals surface area contributed by atoms with Crippen molar-refractivity contribution in [2.45, 2.75) is 0 Å². The monoisotopic (exact) mass is 136 g/mol. The molecule has 0 aliphatic carbocycles. The lowest BCUT2D eigenvalue weighted by atomic mass is 10.3. The van der Waals surface area contributed by atoms with Crippen molar-refractivity contribution in [3.05, 3.63) is 24.4 Å². The van der Waals surface area contributed by atoms with E-state index in [1.54, 1.807) is 12.1 Å². The van der Waals surface area contributed by atoms with Crippen LogP contribution in [0.15, 0.2) is 24.4 Å². The number of nitrogens with zero attached hydrogens (tertiary/aromatic N) is 1. The molecular formula is C7H8N2O. The Kier molecular flexibility index (Phi) is 4.70. The van der Waals surface area contributed by atoms with E-state index in [9.17, 15) is 4.79 Å². The molecule has 0 amide bonds. The highest BCUT2D eigenvalue weighted by Gasteiger charge is 1.86. The van der Waals surface area contributed by atoms with Gasteiger partial charge in [0, 0.05) is 12.7 Å². The molecule has 52 valence electrons. The van der Waals surface area contributed by atoms with Gasteiger partial charge in [0.25, 0.3) is 0 Å². The van der Waals surface area contributed by atoms with Gasteiger partial charge < -0.3 is 5.32 Å². The van der Waals surface area contributed by atoms with Crippen molar-refractivity contribution >= 4 is 6.29 Å². The maximum Gasteiger partial charge on any atom is 0.162 e. The van der Waals surface area contributed by atoms with Gasteiger partial charge in [0.1, 0.15) is 11.6 Å². The van der Waals surface area contributed by atoms with Gasteiger partial charge in [-0.25, -0.2) is 0 Å². The van der Waals surface area contributed by atoms with Gasteiger partial charge in [-0.15, -0.1) is 6.58 Å². The van der Waals surface area contributed by atoms with E-state index in [0.717, 1.165) is 0 Å². The number of hydrogen-bond acceptors (Lipinski definition) is 3. The fourth-order valence-electron chi connectivity index (χ4n) is 0.345. The minimum absolute atomic E-state index is 0.0850. The molecule has 3 nitrogen and oxygen atoms in total. The minimum atomic E-state index is 0.0850. The molecule has 10 heavy (non-hydrogen) atoms. The van der Waals surface area contributed by atoms with E-state index in [1.807, 2.05) is 0 Å². The number of nitrogens with one attached hydrogen (secondary N) is 1. The van der Waals surface area contributed by atoms with Crippen LogP contribution < -0.4 is 5.32 Å². The summed E-state index contributed by atoms with van der Waals surface area (Å²) in [7, 11) is 0. The Hall–Kier alpha value is -1.56. The molecule has 0 saturated carbocycles. The molecule has 0 fully saturated rings. The highest BCUT2D eigenvalue weighted by atomic mass is 16.1. The lowest BCUT2D eigenvalue weighted by Gasteiger charge is -1.90. The number of allylic oxidation sites excluding steroid dienone is 1. The molecule has 0 atom stereocenters. The average Bonchev–Trinajstić information content (AvgIpc) is 1.99. The van der Waals surface area contributed by atoms with Gasteiger partial charge in [0.15, 0.2) is 6.29 Å². The Balaban J connectivity index is 3.77. The molecular weight excluding hydrogens is 128 g/mol. The standard InChI is InChI=1S/C7H8N2O/c1-2-3-9-5-7(4-8)6-10/h2,5-6,9H,1,3H2/b7-5+. The van der Waals surface area contributed by atoms with E-state index in [-0.39, 0.29) is 5.57 Å². The summed E-state index contributed by atoms with van der Waals surface area (Å²) < 4.78 is 0. The van der Waals surface area contributed by atoms with E-state index in [0.29, 0.717) is 12.8 Å². The molecule has 0 saturated heterocycles. The summed E-state index contributed by atoms with van der Waals surface area (Å²) in [6, 6.07) is 1.71. The lowest BCUT2D eigenvalue weighted by molar-refractivity contribution is -0.104. The second-order valence-electron chi connectivity index (χ2n) is 1.53.